The van der Waals surface area contributed by atoms with Gasteiger partial charge in [0.25, 0.3) is 0 Å². The zero-order chi connectivity index (χ0) is 7.40. The van der Waals surface area contributed by atoms with Crippen LogP contribution in [0, 0.1) is 5.41 Å². The molecule has 0 spiro atoms. The largest absolute Gasteiger partial charge is 0.378 e. The van der Waals surface area contributed by atoms with Crippen LogP contribution in [0.2, 0.25) is 0 Å². The number of rotatable bonds is 1. The summed E-state index contributed by atoms with van der Waals surface area (Å²) >= 11 is 0.997. The standard InChI is InChI=1S/C4H5N5S.HI/c5-3(6)10-4-8-1-7-2-9-4;/h1-2H,(H3,5,6);1H. The minimum atomic E-state index is -0.0220. The van der Waals surface area contributed by atoms with Gasteiger partial charge in [-0.3, -0.25) is 5.41 Å². The number of hydrogen-bond donors (Lipinski definition) is 2. The molecule has 1 aromatic heterocycles. The number of thioether (sulfide) groups is 1. The monoisotopic (exact) mass is 283 g/mol. The Hall–Kier alpha value is -0.440. The van der Waals surface area contributed by atoms with Gasteiger partial charge < -0.3 is 5.73 Å². The second-order valence-corrected chi connectivity index (χ2v) is 2.40. The first-order valence-corrected chi connectivity index (χ1v) is 3.24. The van der Waals surface area contributed by atoms with Crippen LogP contribution >= 0.6 is 35.7 Å². The van der Waals surface area contributed by atoms with Crippen LogP contribution in [0.1, 0.15) is 0 Å². The third-order valence-electron chi connectivity index (χ3n) is 0.671. The lowest BCUT2D eigenvalue weighted by Crippen LogP contribution is -2.04. The lowest BCUT2D eigenvalue weighted by Gasteiger charge is -1.92. The molecule has 0 aromatic carbocycles. The van der Waals surface area contributed by atoms with Crippen LogP contribution in [0.4, 0.5) is 0 Å². The molecule has 3 N–H and O–H groups in total. The Kier molecular flexibility index (Phi) is 5.03. The topological polar surface area (TPSA) is 88.5 Å². The van der Waals surface area contributed by atoms with Crippen LogP contribution in [-0.4, -0.2) is 20.1 Å². The van der Waals surface area contributed by atoms with Gasteiger partial charge in [0.05, 0.1) is 0 Å². The molecular formula is C4H6IN5S. The Labute approximate surface area is 84.7 Å². The van der Waals surface area contributed by atoms with E-state index in [4.69, 9.17) is 11.1 Å². The van der Waals surface area contributed by atoms with Crippen LogP contribution in [0.3, 0.4) is 0 Å². The Balaban J connectivity index is 0.000001000. The highest BCUT2D eigenvalue weighted by Gasteiger charge is 1.95. The van der Waals surface area contributed by atoms with E-state index in [0.717, 1.165) is 11.8 Å². The van der Waals surface area contributed by atoms with Gasteiger partial charge in [-0.25, -0.2) is 15.0 Å². The summed E-state index contributed by atoms with van der Waals surface area (Å²) in [5, 5.41) is 7.30. The van der Waals surface area contributed by atoms with Crippen LogP contribution in [0.25, 0.3) is 0 Å². The van der Waals surface area contributed by atoms with Crippen LogP contribution < -0.4 is 5.73 Å². The van der Waals surface area contributed by atoms with E-state index in [1.54, 1.807) is 0 Å². The molecule has 1 aromatic rings. The first-order valence-electron chi connectivity index (χ1n) is 2.43. The van der Waals surface area contributed by atoms with Gasteiger partial charge in [-0.15, -0.1) is 24.0 Å². The second-order valence-electron chi connectivity index (χ2n) is 1.39. The molecule has 0 amide bonds. The number of nitrogens with zero attached hydrogens (tertiary/aromatic N) is 3. The van der Waals surface area contributed by atoms with Gasteiger partial charge in [0.2, 0.25) is 0 Å². The minimum Gasteiger partial charge on any atom is -0.378 e. The summed E-state index contributed by atoms with van der Waals surface area (Å²) in [5.74, 6) is 0. The van der Waals surface area contributed by atoms with Crippen molar-refractivity contribution in [3.8, 4) is 0 Å². The predicted octanol–water partition coefficient (Wildman–Crippen LogP) is 0.475. The molecule has 0 saturated carbocycles. The molecular weight excluding hydrogens is 277 g/mol. The van der Waals surface area contributed by atoms with Gasteiger partial charge >= 0.3 is 0 Å². The van der Waals surface area contributed by atoms with E-state index in [1.807, 2.05) is 0 Å². The quantitative estimate of drug-likeness (QED) is 0.338. The second kappa shape index (κ2) is 5.24. The van der Waals surface area contributed by atoms with Crippen molar-refractivity contribution >= 4 is 40.9 Å². The Morgan fingerprint density at radius 2 is 2.00 bits per heavy atom. The molecule has 0 aliphatic carbocycles. The molecule has 5 nitrogen and oxygen atoms in total. The molecule has 0 bridgehead atoms. The van der Waals surface area contributed by atoms with Gasteiger partial charge in [-0.1, -0.05) is 0 Å². The van der Waals surface area contributed by atoms with E-state index in [0.29, 0.717) is 5.16 Å². The van der Waals surface area contributed by atoms with Crippen LogP contribution in [0.15, 0.2) is 17.8 Å². The third kappa shape index (κ3) is 4.09. The Morgan fingerprint density at radius 3 is 2.45 bits per heavy atom. The smallest absolute Gasteiger partial charge is 0.198 e. The van der Waals surface area contributed by atoms with Crippen LogP contribution in [-0.2, 0) is 0 Å². The number of halogens is 1. The van der Waals surface area contributed by atoms with Crippen molar-refractivity contribution < 1.29 is 0 Å². The molecule has 11 heavy (non-hydrogen) atoms. The highest BCUT2D eigenvalue weighted by Crippen LogP contribution is 2.07. The first kappa shape index (κ1) is 10.6. The fourth-order valence-corrected chi connectivity index (χ4v) is 0.776. The average molecular weight is 283 g/mol. The maximum absolute atomic E-state index is 6.87. The molecule has 0 aliphatic heterocycles. The lowest BCUT2D eigenvalue weighted by atomic mass is 11.1. The SMILES string of the molecule is I.N=C(N)Sc1ncncn1. The predicted molar refractivity (Wildman–Crippen MR) is 53.0 cm³/mol. The van der Waals surface area contributed by atoms with Gasteiger partial charge in [-0.05, 0) is 11.8 Å². The van der Waals surface area contributed by atoms with E-state index in [9.17, 15) is 0 Å². The number of aromatic nitrogens is 3. The molecule has 1 heterocycles. The summed E-state index contributed by atoms with van der Waals surface area (Å²) in [4.78, 5) is 11.1. The van der Waals surface area contributed by atoms with Crippen molar-refractivity contribution in [1.29, 1.82) is 5.41 Å². The fraction of sp³-hybridized carbons (Fsp3) is 0. The normalized spacial score (nSPS) is 8.36. The van der Waals surface area contributed by atoms with E-state index in [1.165, 1.54) is 12.7 Å². The highest BCUT2D eigenvalue weighted by molar-refractivity contribution is 14.0. The van der Waals surface area contributed by atoms with Gasteiger partial charge in [0.1, 0.15) is 12.7 Å². The summed E-state index contributed by atoms with van der Waals surface area (Å²) in [6.45, 7) is 0. The van der Waals surface area contributed by atoms with Crippen molar-refractivity contribution in [2.75, 3.05) is 0 Å². The molecule has 60 valence electrons. The zero-order valence-electron chi connectivity index (χ0n) is 5.39. The van der Waals surface area contributed by atoms with E-state index < -0.39 is 0 Å². The van der Waals surface area contributed by atoms with Crippen molar-refractivity contribution in [3.05, 3.63) is 12.7 Å². The summed E-state index contributed by atoms with van der Waals surface area (Å²) < 4.78 is 0. The van der Waals surface area contributed by atoms with Crippen molar-refractivity contribution in [1.82, 2.24) is 15.0 Å². The van der Waals surface area contributed by atoms with Gasteiger partial charge in [0, 0.05) is 0 Å². The Morgan fingerprint density at radius 1 is 1.45 bits per heavy atom. The molecule has 0 radical (unpaired) electrons. The van der Waals surface area contributed by atoms with Crippen LogP contribution in [0.5, 0.6) is 0 Å². The molecule has 0 fully saturated rings. The van der Waals surface area contributed by atoms with Crippen molar-refractivity contribution in [3.63, 3.8) is 0 Å². The number of amidine groups is 1. The molecule has 0 aliphatic rings. The summed E-state index contributed by atoms with van der Waals surface area (Å²) in [6, 6.07) is 0. The molecule has 7 heteroatoms. The molecule has 0 atom stereocenters. The van der Waals surface area contributed by atoms with E-state index in [2.05, 4.69) is 15.0 Å². The summed E-state index contributed by atoms with van der Waals surface area (Å²) in [7, 11) is 0. The third-order valence-corrected chi connectivity index (χ3v) is 1.28. The maximum atomic E-state index is 6.87. The van der Waals surface area contributed by atoms with E-state index in [-0.39, 0.29) is 29.1 Å². The van der Waals surface area contributed by atoms with Crippen molar-refractivity contribution in [2.24, 2.45) is 5.73 Å². The summed E-state index contributed by atoms with van der Waals surface area (Å²) in [6.07, 6.45) is 2.72. The van der Waals surface area contributed by atoms with Crippen molar-refractivity contribution in [2.45, 2.75) is 5.16 Å². The zero-order valence-corrected chi connectivity index (χ0v) is 8.54. The molecule has 0 saturated heterocycles. The highest BCUT2D eigenvalue weighted by atomic mass is 127. The Bertz CT molecular complexity index is 227. The summed E-state index contributed by atoms with van der Waals surface area (Å²) in [5.41, 5.74) is 5.07. The van der Waals surface area contributed by atoms with Gasteiger partial charge in [0.15, 0.2) is 10.3 Å². The molecule has 1 rings (SSSR count). The molecule has 0 unspecified atom stereocenters. The van der Waals surface area contributed by atoms with Gasteiger partial charge in [-0.2, -0.15) is 0 Å². The fourth-order valence-electron chi connectivity index (χ4n) is 0.380. The van der Waals surface area contributed by atoms with E-state index >= 15 is 0 Å². The number of nitrogens with one attached hydrogen (secondary N) is 1. The maximum Gasteiger partial charge on any atom is 0.198 e. The number of hydrogen-bond acceptors (Lipinski definition) is 5. The minimum absolute atomic E-state index is 0. The average Bonchev–Trinajstić information content (AvgIpc) is 1.88. The number of nitrogens with two attached hydrogens (primary N) is 1. The first-order chi connectivity index (χ1) is 4.79. The lowest BCUT2D eigenvalue weighted by molar-refractivity contribution is 0.905.